The van der Waals surface area contributed by atoms with Crippen molar-refractivity contribution in [3.8, 4) is 16.9 Å². The van der Waals surface area contributed by atoms with Gasteiger partial charge >= 0.3 is 11.6 Å². The Kier molecular flexibility index (Phi) is 7.65. The minimum Gasteiger partial charge on any atom is -0.457 e. The molecule has 3 aromatic rings. The van der Waals surface area contributed by atoms with E-state index in [9.17, 15) is 9.59 Å². The van der Waals surface area contributed by atoms with Gasteiger partial charge in [0, 0.05) is 17.5 Å². The van der Waals surface area contributed by atoms with Gasteiger partial charge in [0.05, 0.1) is 5.56 Å². The zero-order valence-corrected chi connectivity index (χ0v) is 18.1. The Bertz CT molecular complexity index is 1130. The number of aryl methyl sites for hydroxylation is 2. The maximum atomic E-state index is 12.8. The quantitative estimate of drug-likeness (QED) is 0.136. The highest BCUT2D eigenvalue weighted by Gasteiger charge is 2.13. The van der Waals surface area contributed by atoms with E-state index in [2.05, 4.69) is 38.6 Å². The van der Waals surface area contributed by atoms with E-state index < -0.39 is 5.97 Å². The molecule has 5 nitrogen and oxygen atoms in total. The number of fused-ring (bicyclic) bond motifs is 1. The molecule has 0 amide bonds. The summed E-state index contributed by atoms with van der Waals surface area (Å²) >= 11 is 0. The molecule has 0 atom stereocenters. The van der Waals surface area contributed by atoms with E-state index in [1.54, 1.807) is 12.1 Å². The zero-order valence-electron chi connectivity index (χ0n) is 18.1. The van der Waals surface area contributed by atoms with Gasteiger partial charge in [-0.05, 0) is 54.2 Å². The van der Waals surface area contributed by atoms with Crippen LogP contribution in [-0.2, 0) is 22.4 Å². The summed E-state index contributed by atoms with van der Waals surface area (Å²) in [6.45, 7) is 7.35. The molecule has 0 bridgehead atoms. The third-order valence-corrected chi connectivity index (χ3v) is 5.22. The standard InChI is InChI=1S/C26H28O5/c1-4-7-8-9-18-10-11-19(5-2)22(14-18)23-15-20-12-13-21(16-24(20)31-26(23)28)29-17-30-25(27)6-3/h6,10-16H,3-5,7-9,17H2,1-2H3. The first-order valence-electron chi connectivity index (χ1n) is 10.7. The molecule has 0 radical (unpaired) electrons. The number of rotatable bonds is 10. The topological polar surface area (TPSA) is 65.7 Å². The van der Waals surface area contributed by atoms with Crippen LogP contribution in [0, 0.1) is 0 Å². The van der Waals surface area contributed by atoms with Crippen molar-refractivity contribution in [2.45, 2.75) is 46.0 Å². The molecule has 0 saturated heterocycles. The molecule has 5 heteroatoms. The van der Waals surface area contributed by atoms with Crippen LogP contribution in [0.1, 0.15) is 44.2 Å². The van der Waals surface area contributed by atoms with E-state index in [0.29, 0.717) is 16.9 Å². The Morgan fingerprint density at radius 1 is 1.06 bits per heavy atom. The van der Waals surface area contributed by atoms with Crippen LogP contribution in [0.3, 0.4) is 0 Å². The van der Waals surface area contributed by atoms with E-state index in [4.69, 9.17) is 13.9 Å². The van der Waals surface area contributed by atoms with Crippen LogP contribution in [0.15, 0.2) is 64.3 Å². The summed E-state index contributed by atoms with van der Waals surface area (Å²) in [7, 11) is 0. The molecule has 0 aliphatic carbocycles. The van der Waals surface area contributed by atoms with Crippen LogP contribution in [0.4, 0.5) is 0 Å². The summed E-state index contributed by atoms with van der Waals surface area (Å²) in [6, 6.07) is 13.4. The summed E-state index contributed by atoms with van der Waals surface area (Å²) < 4.78 is 15.8. The number of unbranched alkanes of at least 4 members (excludes halogenated alkanes) is 2. The Morgan fingerprint density at radius 2 is 1.90 bits per heavy atom. The van der Waals surface area contributed by atoms with Crippen LogP contribution >= 0.6 is 0 Å². The molecule has 0 aliphatic rings. The fourth-order valence-corrected chi connectivity index (χ4v) is 3.50. The van der Waals surface area contributed by atoms with Gasteiger partial charge in [-0.2, -0.15) is 0 Å². The number of carbonyl (C=O) groups excluding carboxylic acids is 1. The normalized spacial score (nSPS) is 10.8. The fraction of sp³-hybridized carbons (Fsp3) is 0.308. The highest BCUT2D eigenvalue weighted by Crippen LogP contribution is 2.28. The van der Waals surface area contributed by atoms with Crippen LogP contribution in [0.25, 0.3) is 22.1 Å². The first kappa shape index (κ1) is 22.3. The third kappa shape index (κ3) is 5.63. The predicted octanol–water partition coefficient (Wildman–Crippen LogP) is 5.82. The Labute approximate surface area is 182 Å². The molecule has 0 fully saturated rings. The van der Waals surface area contributed by atoms with Gasteiger partial charge in [-0.1, -0.05) is 51.5 Å². The smallest absolute Gasteiger partial charge is 0.344 e. The van der Waals surface area contributed by atoms with E-state index in [-0.39, 0.29) is 12.4 Å². The summed E-state index contributed by atoms with van der Waals surface area (Å²) in [5, 5.41) is 0.795. The maximum absolute atomic E-state index is 12.8. The first-order valence-corrected chi connectivity index (χ1v) is 10.7. The molecule has 162 valence electrons. The molecular formula is C26H28O5. The number of benzene rings is 2. The number of hydrogen-bond donors (Lipinski definition) is 0. The first-order chi connectivity index (χ1) is 15.0. The van der Waals surface area contributed by atoms with Crippen molar-refractivity contribution in [2.75, 3.05) is 6.79 Å². The van der Waals surface area contributed by atoms with Gasteiger partial charge in [0.1, 0.15) is 11.3 Å². The highest BCUT2D eigenvalue weighted by atomic mass is 16.7. The van der Waals surface area contributed by atoms with Crippen LogP contribution in [-0.4, -0.2) is 12.8 Å². The van der Waals surface area contributed by atoms with Crippen molar-refractivity contribution >= 4 is 16.9 Å². The second-order valence-electron chi connectivity index (χ2n) is 7.38. The Hall–Kier alpha value is -3.34. The zero-order chi connectivity index (χ0) is 22.2. The van der Waals surface area contributed by atoms with E-state index in [1.807, 2.05) is 12.1 Å². The van der Waals surface area contributed by atoms with Crippen molar-refractivity contribution < 1.29 is 18.7 Å². The summed E-state index contributed by atoms with van der Waals surface area (Å²) in [5.74, 6) is -0.131. The highest BCUT2D eigenvalue weighted by molar-refractivity contribution is 5.83. The number of esters is 1. The van der Waals surface area contributed by atoms with Crippen molar-refractivity contribution in [1.82, 2.24) is 0 Å². The molecule has 3 rings (SSSR count). The van der Waals surface area contributed by atoms with Gasteiger partial charge in [0.15, 0.2) is 0 Å². The molecule has 0 N–H and O–H groups in total. The maximum Gasteiger partial charge on any atom is 0.344 e. The summed E-state index contributed by atoms with van der Waals surface area (Å²) in [4.78, 5) is 23.9. The molecule has 1 heterocycles. The van der Waals surface area contributed by atoms with E-state index in [0.717, 1.165) is 41.9 Å². The molecule has 1 aromatic heterocycles. The van der Waals surface area contributed by atoms with Gasteiger partial charge in [0.2, 0.25) is 6.79 Å². The summed E-state index contributed by atoms with van der Waals surface area (Å²) in [5.41, 5.74) is 3.88. The van der Waals surface area contributed by atoms with Crippen molar-refractivity contribution in [3.63, 3.8) is 0 Å². The van der Waals surface area contributed by atoms with Gasteiger partial charge in [0.25, 0.3) is 0 Å². The average molecular weight is 421 g/mol. The van der Waals surface area contributed by atoms with Crippen molar-refractivity contribution in [3.05, 3.63) is 76.7 Å². The van der Waals surface area contributed by atoms with Crippen molar-refractivity contribution in [1.29, 1.82) is 0 Å². The number of carbonyl (C=O) groups is 1. The molecular weight excluding hydrogens is 392 g/mol. The van der Waals surface area contributed by atoms with Gasteiger partial charge in [-0.25, -0.2) is 9.59 Å². The van der Waals surface area contributed by atoms with Crippen molar-refractivity contribution in [2.24, 2.45) is 0 Å². The lowest BCUT2D eigenvalue weighted by molar-refractivity contribution is -0.144. The monoisotopic (exact) mass is 420 g/mol. The van der Waals surface area contributed by atoms with Crippen LogP contribution in [0.2, 0.25) is 0 Å². The molecule has 0 saturated carbocycles. The summed E-state index contributed by atoms with van der Waals surface area (Å²) in [6.07, 6.45) is 6.40. The SMILES string of the molecule is C=CC(=O)OCOc1ccc2cc(-c3cc(CCCCC)ccc3CC)c(=O)oc2c1. The van der Waals surface area contributed by atoms with E-state index in [1.165, 1.54) is 18.4 Å². The molecule has 2 aromatic carbocycles. The Balaban J connectivity index is 1.90. The van der Waals surface area contributed by atoms with E-state index >= 15 is 0 Å². The lowest BCUT2D eigenvalue weighted by Crippen LogP contribution is -2.08. The molecule has 0 spiro atoms. The number of hydrogen-bond acceptors (Lipinski definition) is 5. The molecule has 0 unspecified atom stereocenters. The van der Waals surface area contributed by atoms with Gasteiger partial charge in [-0.15, -0.1) is 0 Å². The Morgan fingerprint density at radius 3 is 2.65 bits per heavy atom. The predicted molar refractivity (Wildman–Crippen MR) is 122 cm³/mol. The lowest BCUT2D eigenvalue weighted by atomic mass is 9.94. The van der Waals surface area contributed by atoms with Gasteiger partial charge < -0.3 is 13.9 Å². The average Bonchev–Trinajstić information content (AvgIpc) is 2.78. The van der Waals surface area contributed by atoms with Crippen LogP contribution < -0.4 is 10.4 Å². The largest absolute Gasteiger partial charge is 0.457 e. The second kappa shape index (κ2) is 10.6. The second-order valence-corrected chi connectivity index (χ2v) is 7.38. The van der Waals surface area contributed by atoms with Crippen LogP contribution in [0.5, 0.6) is 5.75 Å². The lowest BCUT2D eigenvalue weighted by Gasteiger charge is -2.11. The number of ether oxygens (including phenoxy) is 2. The van der Waals surface area contributed by atoms with Gasteiger partial charge in [-0.3, -0.25) is 0 Å². The fourth-order valence-electron chi connectivity index (χ4n) is 3.50. The minimum absolute atomic E-state index is 0.247. The minimum atomic E-state index is -0.569. The molecule has 0 aliphatic heterocycles. The third-order valence-electron chi connectivity index (χ3n) is 5.22. The molecule has 31 heavy (non-hydrogen) atoms.